The van der Waals surface area contributed by atoms with E-state index in [0.29, 0.717) is 17.8 Å². The highest BCUT2D eigenvalue weighted by atomic mass is 32.2. The number of hydrogen-bond donors (Lipinski definition) is 3. The molecule has 0 aliphatic heterocycles. The minimum Gasteiger partial charge on any atom is -0.355 e. The molecule has 1 atom stereocenters. The van der Waals surface area contributed by atoms with E-state index in [2.05, 4.69) is 10.6 Å². The van der Waals surface area contributed by atoms with Crippen molar-refractivity contribution >= 4 is 27.5 Å². The Bertz CT molecular complexity index is 955. The Morgan fingerprint density at radius 3 is 2.10 bits per heavy atom. The number of rotatable bonds is 8. The highest BCUT2D eigenvalue weighted by molar-refractivity contribution is 7.89. The predicted octanol–water partition coefficient (Wildman–Crippen LogP) is -0.0501. The van der Waals surface area contributed by atoms with Crippen LogP contribution in [-0.4, -0.2) is 59.3 Å². The van der Waals surface area contributed by atoms with Gasteiger partial charge in [0.05, 0.1) is 11.9 Å². The molecule has 0 aliphatic carbocycles. The largest absolute Gasteiger partial charge is 0.355 e. The molecule has 156 valence electrons. The van der Waals surface area contributed by atoms with E-state index >= 15 is 0 Å². The maximum absolute atomic E-state index is 12.3. The average Bonchev–Trinajstić information content (AvgIpc) is 2.68. The van der Waals surface area contributed by atoms with Gasteiger partial charge in [-0.1, -0.05) is 12.1 Å². The van der Waals surface area contributed by atoms with Gasteiger partial charge < -0.3 is 15.5 Å². The number of nitrogens with zero attached hydrogens (tertiary/aromatic N) is 1. The molecule has 1 unspecified atom stereocenters. The van der Waals surface area contributed by atoms with Crippen LogP contribution in [0, 0.1) is 0 Å². The van der Waals surface area contributed by atoms with Crippen molar-refractivity contribution in [3.8, 4) is 0 Å². The molecule has 0 saturated carbocycles. The molecule has 0 radical (unpaired) electrons. The Labute approximate surface area is 171 Å². The van der Waals surface area contributed by atoms with Gasteiger partial charge in [-0.25, -0.2) is 12.7 Å². The number of carbonyl (C=O) groups excluding carboxylic acids is 2. The minimum absolute atomic E-state index is 0.138. The number of nitrogens with one attached hydrogen (secondary N) is 3. The van der Waals surface area contributed by atoms with Crippen molar-refractivity contribution in [1.29, 1.82) is 0 Å². The molecule has 3 N–H and O–H groups in total. The summed E-state index contributed by atoms with van der Waals surface area (Å²) in [7, 11) is 2.93. The lowest BCUT2D eigenvalue weighted by molar-refractivity contribution is -0.885. The minimum atomic E-state index is -3.49. The molecular formula is C20H27N4O4S+. The highest BCUT2D eigenvalue weighted by Crippen LogP contribution is 2.16. The lowest BCUT2D eigenvalue weighted by atomic mass is 10.1. The van der Waals surface area contributed by atoms with Crippen molar-refractivity contribution in [1.82, 2.24) is 9.62 Å². The smallest absolute Gasteiger partial charge is 0.279 e. The van der Waals surface area contributed by atoms with Gasteiger partial charge in [-0.3, -0.25) is 9.59 Å². The third-order valence-electron chi connectivity index (χ3n) is 4.33. The summed E-state index contributed by atoms with van der Waals surface area (Å²) < 4.78 is 25.3. The standard InChI is InChI=1S/C20H26N4O4S/c1-21-20(26)16-7-5-15(6-8-16)13-24(4)14-19(25)22-17-9-11-18(12-10-17)29(27,28)23(2)3/h5-12H,13-14H2,1-4H3,(H,21,26)(H,22,25)/p+1. The van der Waals surface area contributed by atoms with Gasteiger partial charge in [0.2, 0.25) is 10.0 Å². The van der Waals surface area contributed by atoms with Gasteiger partial charge in [-0.2, -0.15) is 0 Å². The fourth-order valence-corrected chi connectivity index (χ4v) is 3.63. The number of hydrogen-bond acceptors (Lipinski definition) is 4. The number of likely N-dealkylation sites (N-methyl/N-ethyl adjacent to an activating group) is 1. The van der Waals surface area contributed by atoms with Gasteiger partial charge in [0, 0.05) is 38.0 Å². The first-order valence-corrected chi connectivity index (χ1v) is 10.5. The van der Waals surface area contributed by atoms with Crippen molar-refractivity contribution in [2.24, 2.45) is 0 Å². The average molecular weight is 420 g/mol. The first-order valence-electron chi connectivity index (χ1n) is 9.08. The molecule has 0 aromatic heterocycles. The van der Waals surface area contributed by atoms with Crippen LogP contribution >= 0.6 is 0 Å². The molecular weight excluding hydrogens is 392 g/mol. The number of quaternary nitrogens is 1. The topological polar surface area (TPSA) is 100 Å². The molecule has 2 aromatic carbocycles. The van der Waals surface area contributed by atoms with Crippen LogP contribution in [-0.2, 0) is 21.4 Å². The van der Waals surface area contributed by atoms with Crippen molar-refractivity contribution in [3.05, 3.63) is 59.7 Å². The van der Waals surface area contributed by atoms with Crippen LogP contribution in [0.5, 0.6) is 0 Å². The zero-order valence-corrected chi connectivity index (χ0v) is 17.8. The van der Waals surface area contributed by atoms with Gasteiger partial charge in [0.15, 0.2) is 6.54 Å². The number of sulfonamides is 1. The van der Waals surface area contributed by atoms with Crippen molar-refractivity contribution in [3.63, 3.8) is 0 Å². The second kappa shape index (κ2) is 9.64. The summed E-state index contributed by atoms with van der Waals surface area (Å²) in [6.07, 6.45) is 0. The molecule has 2 rings (SSSR count). The van der Waals surface area contributed by atoms with Gasteiger partial charge in [0.1, 0.15) is 6.54 Å². The molecule has 0 heterocycles. The lowest BCUT2D eigenvalue weighted by Gasteiger charge is -2.15. The number of benzene rings is 2. The zero-order chi connectivity index (χ0) is 21.6. The highest BCUT2D eigenvalue weighted by Gasteiger charge is 2.17. The number of carbonyl (C=O) groups is 2. The molecule has 2 aromatic rings. The Kier molecular flexibility index (Phi) is 7.49. The summed E-state index contributed by atoms with van der Waals surface area (Å²) in [4.78, 5) is 25.0. The zero-order valence-electron chi connectivity index (χ0n) is 17.0. The van der Waals surface area contributed by atoms with Crippen molar-refractivity contribution in [2.45, 2.75) is 11.4 Å². The van der Waals surface area contributed by atoms with E-state index in [-0.39, 0.29) is 23.3 Å². The van der Waals surface area contributed by atoms with Gasteiger partial charge >= 0.3 is 0 Å². The first kappa shape index (κ1) is 22.5. The number of amides is 2. The maximum Gasteiger partial charge on any atom is 0.279 e. The second-order valence-corrected chi connectivity index (χ2v) is 9.10. The van der Waals surface area contributed by atoms with E-state index in [1.165, 1.54) is 26.2 Å². The fraction of sp³-hybridized carbons (Fsp3) is 0.300. The van der Waals surface area contributed by atoms with E-state index < -0.39 is 10.0 Å². The molecule has 0 aliphatic rings. The first-order chi connectivity index (χ1) is 13.6. The Balaban J connectivity index is 1.91. The normalized spacial score (nSPS) is 12.4. The summed E-state index contributed by atoms with van der Waals surface area (Å²) in [5, 5.41) is 5.35. The Morgan fingerprint density at radius 1 is 1.00 bits per heavy atom. The molecule has 29 heavy (non-hydrogen) atoms. The molecule has 0 saturated heterocycles. The summed E-state index contributed by atoms with van der Waals surface area (Å²) in [5.41, 5.74) is 2.14. The third kappa shape index (κ3) is 6.11. The van der Waals surface area contributed by atoms with Crippen molar-refractivity contribution in [2.75, 3.05) is 40.1 Å². The fourth-order valence-electron chi connectivity index (χ4n) is 2.73. The second-order valence-electron chi connectivity index (χ2n) is 6.95. The monoisotopic (exact) mass is 419 g/mol. The molecule has 2 amide bonds. The molecule has 9 heteroatoms. The SMILES string of the molecule is CNC(=O)c1ccc(C[NH+](C)CC(=O)Nc2ccc(S(=O)(=O)N(C)C)cc2)cc1. The van der Waals surface area contributed by atoms with Crippen LogP contribution in [0.4, 0.5) is 5.69 Å². The number of anilines is 1. The van der Waals surface area contributed by atoms with Gasteiger partial charge in [-0.05, 0) is 36.4 Å². The van der Waals surface area contributed by atoms with Gasteiger partial charge in [0.25, 0.3) is 11.8 Å². The van der Waals surface area contributed by atoms with Crippen LogP contribution in [0.25, 0.3) is 0 Å². The molecule has 0 spiro atoms. The Hall–Kier alpha value is -2.75. The molecule has 0 bridgehead atoms. The molecule has 0 fully saturated rings. The summed E-state index contributed by atoms with van der Waals surface area (Å²) in [6, 6.07) is 13.3. The Morgan fingerprint density at radius 2 is 1.59 bits per heavy atom. The van der Waals surface area contributed by atoms with Crippen LogP contribution in [0.2, 0.25) is 0 Å². The maximum atomic E-state index is 12.3. The van der Waals surface area contributed by atoms with E-state index in [4.69, 9.17) is 0 Å². The third-order valence-corrected chi connectivity index (χ3v) is 6.16. The van der Waals surface area contributed by atoms with Crippen LogP contribution in [0.15, 0.2) is 53.4 Å². The molecule has 8 nitrogen and oxygen atoms in total. The van der Waals surface area contributed by atoms with Crippen LogP contribution in [0.1, 0.15) is 15.9 Å². The summed E-state index contributed by atoms with van der Waals surface area (Å²) in [5.74, 6) is -0.311. The van der Waals surface area contributed by atoms with Crippen LogP contribution < -0.4 is 15.5 Å². The van der Waals surface area contributed by atoms with E-state index in [9.17, 15) is 18.0 Å². The van der Waals surface area contributed by atoms with E-state index in [1.807, 2.05) is 19.2 Å². The lowest BCUT2D eigenvalue weighted by Crippen LogP contribution is -3.08. The van der Waals surface area contributed by atoms with E-state index in [1.54, 1.807) is 31.3 Å². The quantitative estimate of drug-likeness (QED) is 0.559. The summed E-state index contributed by atoms with van der Waals surface area (Å²) >= 11 is 0. The summed E-state index contributed by atoms with van der Waals surface area (Å²) in [6.45, 7) is 0.871. The van der Waals surface area contributed by atoms with Crippen LogP contribution in [0.3, 0.4) is 0 Å². The van der Waals surface area contributed by atoms with Crippen molar-refractivity contribution < 1.29 is 22.9 Å². The van der Waals surface area contributed by atoms with Gasteiger partial charge in [-0.15, -0.1) is 0 Å². The predicted molar refractivity (Wildman–Crippen MR) is 111 cm³/mol. The van der Waals surface area contributed by atoms with E-state index in [0.717, 1.165) is 14.8 Å².